The summed E-state index contributed by atoms with van der Waals surface area (Å²) in [6.07, 6.45) is -0.0660. The molecule has 2 aromatic rings. The van der Waals surface area contributed by atoms with Crippen LogP contribution in [-0.4, -0.2) is 47.9 Å². The van der Waals surface area contributed by atoms with E-state index < -0.39 is 28.6 Å². The number of halogens is 3. The fraction of sp³-hybridized carbons (Fsp3) is 0.238. The summed E-state index contributed by atoms with van der Waals surface area (Å²) in [5.74, 6) is -1.59. The molecule has 1 aliphatic rings. The fourth-order valence-corrected chi connectivity index (χ4v) is 4.04. The van der Waals surface area contributed by atoms with Crippen molar-refractivity contribution < 1.29 is 32.6 Å². The number of benzene rings is 2. The van der Waals surface area contributed by atoms with Gasteiger partial charge >= 0.3 is 11.5 Å². The maximum atomic E-state index is 12.9. The molecule has 1 atom stereocenters. The van der Waals surface area contributed by atoms with Crippen LogP contribution in [0.1, 0.15) is 16.8 Å². The van der Waals surface area contributed by atoms with Gasteiger partial charge in [0.1, 0.15) is 11.0 Å². The van der Waals surface area contributed by atoms with Crippen molar-refractivity contribution in [1.29, 1.82) is 0 Å². The average molecular weight is 498 g/mol. The summed E-state index contributed by atoms with van der Waals surface area (Å²) in [7, 11) is 2.82. The van der Waals surface area contributed by atoms with Gasteiger partial charge in [-0.3, -0.25) is 14.6 Å². The Hall–Kier alpha value is -3.18. The Balaban J connectivity index is 1.66. The summed E-state index contributed by atoms with van der Waals surface area (Å²) >= 11 is 5.81. The Labute approximate surface area is 196 Å². The minimum atomic E-state index is -3.87. The lowest BCUT2D eigenvalue weighted by atomic mass is 10.2. The quantitative estimate of drug-likeness (QED) is 0.211. The van der Waals surface area contributed by atoms with Gasteiger partial charge in [-0.1, -0.05) is 11.8 Å². The normalized spacial score (nSPS) is 16.7. The summed E-state index contributed by atoms with van der Waals surface area (Å²) < 4.78 is 34.4. The summed E-state index contributed by atoms with van der Waals surface area (Å²) in [6, 6.07) is 11.5. The van der Waals surface area contributed by atoms with Gasteiger partial charge in [-0.25, -0.2) is 9.69 Å². The zero-order chi connectivity index (χ0) is 24.2. The number of alkyl halides is 3. The zero-order valence-corrected chi connectivity index (χ0v) is 19.0. The molecule has 1 heterocycles. The standard InChI is InChI=1S/C21H18ClF2N3O5S/c1-25-20(26-13-5-3-12(4-6-13)19(30)31-2)33-16-11-17(28)27(18(16)29)14-7-9-15(10-8-14)32-21(22,23)24/h3-10,16H,11H2,1-2H3,(H,25,26)/t16-/m0/s1. The second-order valence-corrected chi connectivity index (χ2v) is 8.27. The number of imide groups is 1. The molecule has 1 saturated heterocycles. The molecule has 0 radical (unpaired) electrons. The first-order valence-electron chi connectivity index (χ1n) is 9.42. The molecule has 1 N–H and O–H groups in total. The molecule has 3 rings (SSSR count). The topological polar surface area (TPSA) is 97.3 Å². The zero-order valence-electron chi connectivity index (χ0n) is 17.4. The minimum absolute atomic E-state index is 0.0660. The van der Waals surface area contributed by atoms with Crippen LogP contribution in [0.5, 0.6) is 5.75 Å². The third-order valence-corrected chi connectivity index (χ3v) is 5.69. The number of carbonyl (C=O) groups excluding carboxylic acids is 3. The first-order chi connectivity index (χ1) is 15.6. The number of nitrogens with zero attached hydrogens (tertiary/aromatic N) is 2. The number of hydrogen-bond acceptors (Lipinski definition) is 7. The third-order valence-electron chi connectivity index (χ3n) is 4.45. The van der Waals surface area contributed by atoms with E-state index in [-0.39, 0.29) is 17.9 Å². The van der Waals surface area contributed by atoms with Crippen LogP contribution in [-0.2, 0) is 14.3 Å². The molecular weight excluding hydrogens is 480 g/mol. The van der Waals surface area contributed by atoms with Crippen LogP contribution in [0, 0.1) is 0 Å². The van der Waals surface area contributed by atoms with Crippen LogP contribution in [0.25, 0.3) is 0 Å². The Kier molecular flexibility index (Phi) is 7.54. The Morgan fingerprint density at radius 1 is 1.18 bits per heavy atom. The Morgan fingerprint density at radius 3 is 2.36 bits per heavy atom. The Bertz CT molecular complexity index is 1070. The number of methoxy groups -OCH3 is 1. The highest BCUT2D eigenvalue weighted by molar-refractivity contribution is 8.15. The number of aliphatic imine (C=N–C) groups is 1. The number of hydrogen-bond donors (Lipinski definition) is 1. The van der Waals surface area contributed by atoms with Gasteiger partial charge in [-0.05, 0) is 48.5 Å². The lowest BCUT2D eigenvalue weighted by Crippen LogP contribution is -2.31. The van der Waals surface area contributed by atoms with Crippen LogP contribution < -0.4 is 15.0 Å². The van der Waals surface area contributed by atoms with Crippen molar-refractivity contribution >= 4 is 57.7 Å². The van der Waals surface area contributed by atoms with E-state index in [4.69, 9.17) is 11.6 Å². The molecule has 1 aliphatic heterocycles. The molecule has 0 bridgehead atoms. The maximum Gasteiger partial charge on any atom is 0.487 e. The van der Waals surface area contributed by atoms with Gasteiger partial charge in [-0.2, -0.15) is 0 Å². The van der Waals surface area contributed by atoms with Crippen LogP contribution in [0.15, 0.2) is 53.5 Å². The van der Waals surface area contributed by atoms with E-state index in [1.807, 2.05) is 0 Å². The molecule has 1 fully saturated rings. The van der Waals surface area contributed by atoms with Gasteiger partial charge in [0.2, 0.25) is 11.8 Å². The molecule has 2 amide bonds. The van der Waals surface area contributed by atoms with Crippen LogP contribution in [0.3, 0.4) is 0 Å². The molecule has 33 heavy (non-hydrogen) atoms. The number of amidine groups is 1. The van der Waals surface area contributed by atoms with Crippen molar-refractivity contribution in [3.05, 3.63) is 54.1 Å². The SMILES string of the molecule is CN=C(Nc1ccc(C(=O)OC)cc1)S[C@H]1CC(=O)N(c2ccc(OC(F)(F)Cl)cc2)C1=O. The van der Waals surface area contributed by atoms with Crippen molar-refractivity contribution in [2.24, 2.45) is 4.99 Å². The van der Waals surface area contributed by atoms with E-state index in [0.29, 0.717) is 16.4 Å². The highest BCUT2D eigenvalue weighted by Gasteiger charge is 2.41. The van der Waals surface area contributed by atoms with Crippen LogP contribution >= 0.6 is 23.4 Å². The number of ether oxygens (including phenoxy) is 2. The molecule has 2 aromatic carbocycles. The lowest BCUT2D eigenvalue weighted by Gasteiger charge is -2.17. The van der Waals surface area contributed by atoms with Crippen molar-refractivity contribution in [1.82, 2.24) is 0 Å². The van der Waals surface area contributed by atoms with Crippen molar-refractivity contribution in [2.75, 3.05) is 24.4 Å². The number of anilines is 2. The second-order valence-electron chi connectivity index (χ2n) is 6.64. The molecule has 0 saturated carbocycles. The summed E-state index contributed by atoms with van der Waals surface area (Å²) in [5.41, 5.74) is -2.65. The fourth-order valence-electron chi connectivity index (χ4n) is 2.97. The lowest BCUT2D eigenvalue weighted by molar-refractivity contribution is -0.121. The van der Waals surface area contributed by atoms with E-state index in [0.717, 1.165) is 16.7 Å². The van der Waals surface area contributed by atoms with Crippen LogP contribution in [0.4, 0.5) is 20.2 Å². The molecule has 8 nitrogen and oxygen atoms in total. The molecule has 0 aliphatic carbocycles. The van der Waals surface area contributed by atoms with E-state index in [1.54, 1.807) is 24.3 Å². The number of rotatable bonds is 6. The van der Waals surface area contributed by atoms with Crippen molar-refractivity contribution in [3.8, 4) is 5.75 Å². The number of esters is 1. The maximum absolute atomic E-state index is 12.9. The van der Waals surface area contributed by atoms with E-state index in [9.17, 15) is 23.2 Å². The molecule has 0 aromatic heterocycles. The van der Waals surface area contributed by atoms with E-state index >= 15 is 0 Å². The summed E-state index contributed by atoms with van der Waals surface area (Å²) in [6.45, 7) is 0. The molecule has 0 unspecified atom stereocenters. The average Bonchev–Trinajstić information content (AvgIpc) is 3.05. The molecule has 174 valence electrons. The van der Waals surface area contributed by atoms with Gasteiger partial charge in [0.25, 0.3) is 0 Å². The highest BCUT2D eigenvalue weighted by Crippen LogP contribution is 2.33. The first-order valence-corrected chi connectivity index (χ1v) is 10.7. The molecule has 12 heteroatoms. The van der Waals surface area contributed by atoms with Crippen molar-refractivity contribution in [2.45, 2.75) is 17.2 Å². The summed E-state index contributed by atoms with van der Waals surface area (Å²) in [4.78, 5) is 42.0. The summed E-state index contributed by atoms with van der Waals surface area (Å²) in [5, 5.41) is 2.69. The van der Waals surface area contributed by atoms with E-state index in [2.05, 4.69) is 19.8 Å². The number of amides is 2. The predicted octanol–water partition coefficient (Wildman–Crippen LogP) is 4.10. The van der Waals surface area contributed by atoms with Gasteiger partial charge in [-0.15, -0.1) is 8.78 Å². The number of thioether (sulfide) groups is 1. The predicted molar refractivity (Wildman–Crippen MR) is 121 cm³/mol. The number of nitrogens with one attached hydrogen (secondary N) is 1. The van der Waals surface area contributed by atoms with Gasteiger partial charge < -0.3 is 14.8 Å². The van der Waals surface area contributed by atoms with Gasteiger partial charge in [0.05, 0.1) is 18.4 Å². The van der Waals surface area contributed by atoms with Crippen molar-refractivity contribution in [3.63, 3.8) is 0 Å². The number of carbonyl (C=O) groups is 3. The second kappa shape index (κ2) is 10.2. The minimum Gasteiger partial charge on any atom is -0.465 e. The van der Waals surface area contributed by atoms with Gasteiger partial charge in [0.15, 0.2) is 5.17 Å². The molecule has 0 spiro atoms. The molecular formula is C21H18ClF2N3O5S. The van der Waals surface area contributed by atoms with Gasteiger partial charge in [0, 0.05) is 30.8 Å². The monoisotopic (exact) mass is 497 g/mol. The van der Waals surface area contributed by atoms with E-state index in [1.165, 1.54) is 38.4 Å². The van der Waals surface area contributed by atoms with Crippen LogP contribution in [0.2, 0.25) is 0 Å². The third kappa shape index (κ3) is 6.20. The Morgan fingerprint density at radius 2 is 1.82 bits per heavy atom. The largest absolute Gasteiger partial charge is 0.487 e. The smallest absolute Gasteiger partial charge is 0.465 e. The highest BCUT2D eigenvalue weighted by atomic mass is 35.5. The first kappa shape index (κ1) is 24.5.